The van der Waals surface area contributed by atoms with Crippen molar-refractivity contribution in [3.63, 3.8) is 0 Å². The van der Waals surface area contributed by atoms with Gasteiger partial charge in [0, 0.05) is 12.0 Å². The van der Waals surface area contributed by atoms with Gasteiger partial charge in [-0.25, -0.2) is 4.79 Å². The van der Waals surface area contributed by atoms with Gasteiger partial charge in [0.15, 0.2) is 0 Å². The Labute approximate surface area is 115 Å². The number of likely N-dealkylation sites (N-methyl/N-ethyl adjacent to an activating group) is 1. The maximum Gasteiger partial charge on any atom is 0.333 e. The molecular formula is C12H24NO5S+. The zero-order valence-electron chi connectivity index (χ0n) is 12.1. The highest BCUT2D eigenvalue weighted by atomic mass is 32.2. The molecule has 0 radical (unpaired) electrons. The zero-order valence-corrected chi connectivity index (χ0v) is 13.0. The molecule has 112 valence electrons. The molecular weight excluding hydrogens is 270 g/mol. The van der Waals surface area contributed by atoms with E-state index in [9.17, 15) is 13.2 Å². The van der Waals surface area contributed by atoms with E-state index >= 15 is 0 Å². The summed E-state index contributed by atoms with van der Waals surface area (Å²) < 4.78 is 32.3. The van der Waals surface area contributed by atoms with Crippen molar-refractivity contribution in [2.45, 2.75) is 13.3 Å². The van der Waals surface area contributed by atoms with Crippen LogP contribution in [-0.4, -0.2) is 65.5 Å². The number of hydrogen-bond donors (Lipinski definition) is 0. The number of nitrogens with zero attached hydrogens (tertiary/aromatic N) is 1. The highest BCUT2D eigenvalue weighted by Crippen LogP contribution is 2.03. The van der Waals surface area contributed by atoms with Crippen LogP contribution in [0.25, 0.3) is 0 Å². The molecule has 0 saturated carbocycles. The normalized spacial score (nSPS) is 12.2. The monoisotopic (exact) mass is 294 g/mol. The summed E-state index contributed by atoms with van der Waals surface area (Å²) in [6.45, 7) is 6.66. The van der Waals surface area contributed by atoms with Crippen LogP contribution in [0.2, 0.25) is 0 Å². The second kappa shape index (κ2) is 7.62. The van der Waals surface area contributed by atoms with Gasteiger partial charge in [0.1, 0.15) is 13.2 Å². The highest BCUT2D eigenvalue weighted by molar-refractivity contribution is 7.86. The van der Waals surface area contributed by atoms with E-state index in [1.807, 2.05) is 14.1 Å². The van der Waals surface area contributed by atoms with Gasteiger partial charge in [-0.3, -0.25) is 4.18 Å². The molecule has 7 heteroatoms. The van der Waals surface area contributed by atoms with Crippen molar-refractivity contribution in [3.05, 3.63) is 12.2 Å². The number of ether oxygens (including phenoxy) is 1. The summed E-state index contributed by atoms with van der Waals surface area (Å²) in [5.41, 5.74) is 0.372. The fourth-order valence-electron chi connectivity index (χ4n) is 1.37. The minimum atomic E-state index is -3.39. The number of quaternary nitrogens is 1. The Bertz CT molecular complexity index is 414. The molecule has 0 saturated heterocycles. The lowest BCUT2D eigenvalue weighted by Gasteiger charge is -2.29. The molecule has 0 spiro atoms. The summed E-state index contributed by atoms with van der Waals surface area (Å²) in [4.78, 5) is 11.2. The maximum absolute atomic E-state index is 11.2. The molecule has 0 bridgehead atoms. The molecule has 0 aliphatic carbocycles. The molecule has 0 aromatic rings. The molecule has 0 heterocycles. The number of hydrogen-bond acceptors (Lipinski definition) is 5. The van der Waals surface area contributed by atoms with Crippen LogP contribution in [0.5, 0.6) is 0 Å². The van der Waals surface area contributed by atoms with Crippen LogP contribution in [0.4, 0.5) is 0 Å². The number of esters is 1. The summed E-state index contributed by atoms with van der Waals surface area (Å²) >= 11 is 0. The third-order valence-corrected chi connectivity index (χ3v) is 3.99. The quantitative estimate of drug-likeness (QED) is 0.269. The van der Waals surface area contributed by atoms with Crippen molar-refractivity contribution in [3.8, 4) is 0 Å². The van der Waals surface area contributed by atoms with Gasteiger partial charge in [-0.15, -0.1) is 0 Å². The number of carbonyl (C=O) groups is 1. The topological polar surface area (TPSA) is 69.7 Å². The van der Waals surface area contributed by atoms with Crippen molar-refractivity contribution < 1.29 is 26.6 Å². The fourth-order valence-corrected chi connectivity index (χ4v) is 2.02. The van der Waals surface area contributed by atoms with Crippen molar-refractivity contribution in [1.29, 1.82) is 0 Å². The smallest absolute Gasteiger partial charge is 0.333 e. The van der Waals surface area contributed by atoms with Crippen LogP contribution in [-0.2, 0) is 23.8 Å². The van der Waals surface area contributed by atoms with E-state index in [1.54, 1.807) is 6.92 Å². The van der Waals surface area contributed by atoms with Crippen LogP contribution in [0.15, 0.2) is 12.2 Å². The number of rotatable bonds is 9. The first-order valence-corrected chi connectivity index (χ1v) is 7.60. The van der Waals surface area contributed by atoms with E-state index in [0.717, 1.165) is 7.11 Å². The SMILES string of the molecule is C=C(C)C(=O)OCC[N+](C)(C)CCCS(=O)(=O)OC. The molecule has 0 atom stereocenters. The van der Waals surface area contributed by atoms with Crippen molar-refractivity contribution in [2.75, 3.05) is 46.7 Å². The van der Waals surface area contributed by atoms with Gasteiger partial charge in [-0.1, -0.05) is 6.58 Å². The second-order valence-electron chi connectivity index (χ2n) is 5.08. The van der Waals surface area contributed by atoms with E-state index in [4.69, 9.17) is 4.74 Å². The van der Waals surface area contributed by atoms with Crippen molar-refractivity contribution in [1.82, 2.24) is 0 Å². The molecule has 6 nitrogen and oxygen atoms in total. The van der Waals surface area contributed by atoms with Crippen LogP contribution < -0.4 is 0 Å². The first kappa shape index (κ1) is 18.1. The van der Waals surface area contributed by atoms with E-state index in [0.29, 0.717) is 29.6 Å². The Hall–Kier alpha value is -0.920. The van der Waals surface area contributed by atoms with Gasteiger partial charge in [-0.05, 0) is 6.92 Å². The van der Waals surface area contributed by atoms with E-state index in [-0.39, 0.29) is 12.4 Å². The number of carbonyl (C=O) groups excluding carboxylic acids is 1. The lowest BCUT2D eigenvalue weighted by Crippen LogP contribution is -2.43. The Balaban J connectivity index is 3.99. The van der Waals surface area contributed by atoms with E-state index in [2.05, 4.69) is 10.8 Å². The predicted octanol–water partition coefficient (Wildman–Crippen LogP) is 0.548. The fraction of sp³-hybridized carbons (Fsp3) is 0.750. The first-order chi connectivity index (χ1) is 8.59. The van der Waals surface area contributed by atoms with Gasteiger partial charge in [0.2, 0.25) is 0 Å². The van der Waals surface area contributed by atoms with Crippen molar-refractivity contribution in [2.24, 2.45) is 0 Å². The van der Waals surface area contributed by atoms with Gasteiger partial charge in [-0.2, -0.15) is 8.42 Å². The predicted molar refractivity (Wildman–Crippen MR) is 73.0 cm³/mol. The lowest BCUT2D eigenvalue weighted by atomic mass is 10.3. The molecule has 0 aromatic heterocycles. The molecule has 0 N–H and O–H groups in total. The maximum atomic E-state index is 11.2. The molecule has 0 fully saturated rings. The second-order valence-corrected chi connectivity index (χ2v) is 6.94. The Kier molecular flexibility index (Phi) is 7.25. The lowest BCUT2D eigenvalue weighted by molar-refractivity contribution is -0.890. The Morgan fingerprint density at radius 3 is 2.32 bits per heavy atom. The molecule has 0 aliphatic rings. The van der Waals surface area contributed by atoms with E-state index < -0.39 is 16.1 Å². The third-order valence-electron chi connectivity index (χ3n) is 2.69. The van der Waals surface area contributed by atoms with Crippen LogP contribution in [0, 0.1) is 0 Å². The van der Waals surface area contributed by atoms with Crippen LogP contribution >= 0.6 is 0 Å². The van der Waals surface area contributed by atoms with E-state index in [1.165, 1.54) is 0 Å². The third kappa shape index (κ3) is 8.74. The van der Waals surface area contributed by atoms with Gasteiger partial charge in [0.05, 0.1) is 33.5 Å². The minimum Gasteiger partial charge on any atom is -0.456 e. The van der Waals surface area contributed by atoms with Gasteiger partial charge in [0.25, 0.3) is 10.1 Å². The summed E-state index contributed by atoms with van der Waals surface area (Å²) in [5, 5.41) is 0. The first-order valence-electron chi connectivity index (χ1n) is 6.02. The zero-order chi connectivity index (χ0) is 15.1. The summed E-state index contributed by atoms with van der Waals surface area (Å²) in [5.74, 6) is -0.404. The van der Waals surface area contributed by atoms with Crippen LogP contribution in [0.1, 0.15) is 13.3 Å². The summed E-state index contributed by atoms with van der Waals surface area (Å²) in [7, 11) is 1.67. The molecule has 0 aromatic carbocycles. The average Bonchev–Trinajstić information content (AvgIpc) is 2.27. The molecule has 0 unspecified atom stereocenters. The Morgan fingerprint density at radius 2 is 1.84 bits per heavy atom. The minimum absolute atomic E-state index is 0.00324. The summed E-state index contributed by atoms with van der Waals surface area (Å²) in [6.07, 6.45) is 0.498. The summed E-state index contributed by atoms with van der Waals surface area (Å²) in [6, 6.07) is 0. The molecule has 19 heavy (non-hydrogen) atoms. The van der Waals surface area contributed by atoms with Crippen LogP contribution in [0.3, 0.4) is 0 Å². The van der Waals surface area contributed by atoms with Gasteiger partial charge >= 0.3 is 5.97 Å². The van der Waals surface area contributed by atoms with Crippen molar-refractivity contribution >= 4 is 16.1 Å². The Morgan fingerprint density at radius 1 is 1.26 bits per heavy atom. The standard InChI is InChI=1S/C12H24NO5S/c1-11(2)12(14)18-9-8-13(3,4)7-6-10-19(15,16)17-5/h1,6-10H2,2-5H3/q+1. The largest absolute Gasteiger partial charge is 0.456 e. The average molecular weight is 294 g/mol. The molecule has 0 amide bonds. The highest BCUT2D eigenvalue weighted by Gasteiger charge is 2.18. The molecule has 0 rings (SSSR count). The van der Waals surface area contributed by atoms with Gasteiger partial charge < -0.3 is 9.22 Å². The molecule has 0 aliphatic heterocycles.